The van der Waals surface area contributed by atoms with Crippen LogP contribution in [0.4, 0.5) is 0 Å². The highest BCUT2D eigenvalue weighted by atomic mass is 16.6. The maximum absolute atomic E-state index is 11.9. The number of carbonyl (C=O) groups is 3. The fourth-order valence-electron chi connectivity index (χ4n) is 3.80. The van der Waals surface area contributed by atoms with E-state index in [1.165, 1.54) is 0 Å². The Hall–Kier alpha value is -5.91. The molecule has 0 bridgehead atoms. The van der Waals surface area contributed by atoms with Gasteiger partial charge in [-0.05, 0) is 112 Å². The summed E-state index contributed by atoms with van der Waals surface area (Å²) in [5.74, 6) is -0.841. The normalized spacial score (nSPS) is 11.5. The highest BCUT2D eigenvalue weighted by molar-refractivity contribution is 5.89. The van der Waals surface area contributed by atoms with Gasteiger partial charge in [-0.15, -0.1) is 0 Å². The van der Waals surface area contributed by atoms with Crippen LogP contribution in [0.3, 0.4) is 0 Å². The molecular formula is C40H70N12O6. The maximum atomic E-state index is 11.9. The molecule has 2 rings (SSSR count). The van der Waals surface area contributed by atoms with E-state index < -0.39 is 28.8 Å². The standard InChI is InChI=1S/C14H22N4O2.C13H19N3O2.C8H16N2O2.C5H13N3/c1-14(2,3)20-12(19)11(15)10-6-4-9(5-7-10)8-18-13(16)17;1-13(2,3)18-11(17)10-6-4-9(5-7-10)8-16-12(14)15;1-8(2,3)12-7(11)5-4-6(9)10;1-5(2,3)8-4(6)7/h4-7,11H,8,15H2,1-3H3,(H4,16,17,18);4-7H,8H2,1-3H3,(H4,14,15,16);4-5H2,1-3H3,(H3,9,10);1-3H3,(H4,6,7,8). The number of esters is 3. The van der Waals surface area contributed by atoms with Gasteiger partial charge in [0.25, 0.3) is 0 Å². The van der Waals surface area contributed by atoms with Crippen LogP contribution in [0.2, 0.25) is 0 Å². The summed E-state index contributed by atoms with van der Waals surface area (Å²) in [6.07, 6.45) is 0.460. The average molecular weight is 815 g/mol. The Morgan fingerprint density at radius 2 is 0.983 bits per heavy atom. The molecule has 2 aromatic rings. The predicted molar refractivity (Wildman–Crippen MR) is 232 cm³/mol. The van der Waals surface area contributed by atoms with Crippen molar-refractivity contribution in [2.45, 2.75) is 137 Å². The lowest BCUT2D eigenvalue weighted by Crippen LogP contribution is -2.31. The summed E-state index contributed by atoms with van der Waals surface area (Å²) in [6.45, 7) is 22.9. The van der Waals surface area contributed by atoms with Crippen molar-refractivity contribution in [2.24, 2.45) is 60.8 Å². The molecule has 0 aliphatic heterocycles. The van der Waals surface area contributed by atoms with E-state index in [1.807, 2.05) is 53.7 Å². The highest BCUT2D eigenvalue weighted by Crippen LogP contribution is 2.18. The third-order valence-corrected chi connectivity index (χ3v) is 5.96. The highest BCUT2D eigenvalue weighted by Gasteiger charge is 2.23. The van der Waals surface area contributed by atoms with Crippen LogP contribution in [0, 0.1) is 5.41 Å². The summed E-state index contributed by atoms with van der Waals surface area (Å²) in [6, 6.07) is 13.4. The first-order valence-corrected chi connectivity index (χ1v) is 18.4. The molecule has 326 valence electrons. The van der Waals surface area contributed by atoms with Gasteiger partial charge in [0.1, 0.15) is 22.8 Å². The number of carbonyl (C=O) groups excluding carboxylic acids is 3. The molecule has 1 atom stereocenters. The number of nitrogens with zero attached hydrogens (tertiary/aromatic N) is 3. The van der Waals surface area contributed by atoms with Crippen LogP contribution in [0.25, 0.3) is 0 Å². The van der Waals surface area contributed by atoms with Crippen LogP contribution >= 0.6 is 0 Å². The van der Waals surface area contributed by atoms with Gasteiger partial charge in [0.15, 0.2) is 17.9 Å². The summed E-state index contributed by atoms with van der Waals surface area (Å²) >= 11 is 0. The number of nitrogens with one attached hydrogen (secondary N) is 1. The van der Waals surface area contributed by atoms with Gasteiger partial charge in [-0.25, -0.2) is 24.6 Å². The second-order valence-electron chi connectivity index (χ2n) is 16.8. The SMILES string of the molecule is CC(C)(C)N=C(N)N.CC(C)(C)OC(=O)C(N)c1ccc(CN=C(N)N)cc1.CC(C)(C)OC(=O)CCC(=N)N.CC(C)(C)OC(=O)c1ccc(CN=C(N)N)cc1. The number of nitrogens with two attached hydrogens (primary N) is 8. The molecule has 18 heteroatoms. The molecule has 17 N–H and O–H groups in total. The Kier molecular flexibility index (Phi) is 23.0. The van der Waals surface area contributed by atoms with Gasteiger partial charge in [0, 0.05) is 6.42 Å². The van der Waals surface area contributed by atoms with E-state index in [2.05, 4.69) is 15.0 Å². The van der Waals surface area contributed by atoms with Gasteiger partial charge in [-0.2, -0.15) is 0 Å². The molecule has 0 fully saturated rings. The monoisotopic (exact) mass is 815 g/mol. The maximum Gasteiger partial charge on any atom is 0.338 e. The van der Waals surface area contributed by atoms with Crippen molar-refractivity contribution in [3.8, 4) is 0 Å². The molecule has 0 saturated heterocycles. The van der Waals surface area contributed by atoms with Crippen LogP contribution in [0.15, 0.2) is 63.5 Å². The van der Waals surface area contributed by atoms with Gasteiger partial charge < -0.3 is 60.1 Å². The molecule has 0 aliphatic carbocycles. The second-order valence-corrected chi connectivity index (χ2v) is 16.8. The van der Waals surface area contributed by atoms with E-state index in [1.54, 1.807) is 77.9 Å². The van der Waals surface area contributed by atoms with Gasteiger partial charge in [-0.3, -0.25) is 10.2 Å². The third-order valence-electron chi connectivity index (χ3n) is 5.96. The molecule has 0 spiro atoms. The second kappa shape index (κ2) is 24.7. The average Bonchev–Trinajstić information content (AvgIpc) is 3.03. The minimum absolute atomic E-state index is 0.0147. The molecule has 58 heavy (non-hydrogen) atoms. The summed E-state index contributed by atoms with van der Waals surface area (Å²) in [5.41, 5.74) is 43.6. The number of amidine groups is 1. The summed E-state index contributed by atoms with van der Waals surface area (Å²) in [7, 11) is 0. The molecule has 2 aromatic carbocycles. The van der Waals surface area contributed by atoms with Crippen molar-refractivity contribution in [1.82, 2.24) is 0 Å². The molecule has 0 aromatic heterocycles. The Labute approximate surface area is 344 Å². The van der Waals surface area contributed by atoms with Crippen molar-refractivity contribution in [2.75, 3.05) is 0 Å². The van der Waals surface area contributed by atoms with Crippen molar-refractivity contribution in [1.29, 1.82) is 5.41 Å². The summed E-state index contributed by atoms with van der Waals surface area (Å²) in [5, 5.41) is 6.89. The minimum Gasteiger partial charge on any atom is -0.460 e. The Balaban J connectivity index is 0. The lowest BCUT2D eigenvalue weighted by atomic mass is 10.1. The van der Waals surface area contributed by atoms with Crippen LogP contribution in [-0.2, 0) is 36.9 Å². The smallest absolute Gasteiger partial charge is 0.338 e. The number of rotatable bonds is 10. The summed E-state index contributed by atoms with van der Waals surface area (Å²) < 4.78 is 15.5. The van der Waals surface area contributed by atoms with Crippen molar-refractivity contribution < 1.29 is 28.6 Å². The van der Waals surface area contributed by atoms with E-state index in [0.29, 0.717) is 24.2 Å². The van der Waals surface area contributed by atoms with Gasteiger partial charge >= 0.3 is 17.9 Å². The minimum atomic E-state index is -0.800. The van der Waals surface area contributed by atoms with Crippen LogP contribution in [0.1, 0.15) is 129 Å². The molecule has 18 nitrogen and oxygen atoms in total. The molecule has 0 heterocycles. The van der Waals surface area contributed by atoms with Gasteiger partial charge in [-0.1, -0.05) is 36.4 Å². The molecule has 0 saturated carbocycles. The first kappa shape index (κ1) is 54.2. The summed E-state index contributed by atoms with van der Waals surface area (Å²) in [4.78, 5) is 46.3. The number of hydrogen-bond acceptors (Lipinski definition) is 11. The van der Waals surface area contributed by atoms with E-state index in [-0.39, 0.29) is 54.0 Å². The first-order valence-electron chi connectivity index (χ1n) is 18.4. The van der Waals surface area contributed by atoms with Crippen molar-refractivity contribution in [3.63, 3.8) is 0 Å². The largest absolute Gasteiger partial charge is 0.460 e. The third kappa shape index (κ3) is 32.3. The molecule has 1 unspecified atom stereocenters. The predicted octanol–water partition coefficient (Wildman–Crippen LogP) is 3.32. The quantitative estimate of drug-likeness (QED) is 0.0719. The molecular weight excluding hydrogens is 745 g/mol. The fraction of sp³-hybridized carbons (Fsp3) is 0.525. The topological polar surface area (TPSA) is 348 Å². The van der Waals surface area contributed by atoms with E-state index in [0.717, 1.165) is 11.1 Å². The van der Waals surface area contributed by atoms with Crippen molar-refractivity contribution in [3.05, 3.63) is 70.8 Å². The zero-order valence-electron chi connectivity index (χ0n) is 36.4. The van der Waals surface area contributed by atoms with Crippen LogP contribution < -0.4 is 45.9 Å². The molecule has 0 radical (unpaired) electrons. The van der Waals surface area contributed by atoms with E-state index in [9.17, 15) is 14.4 Å². The number of hydrogen-bond donors (Lipinski definition) is 9. The Bertz CT molecular complexity index is 1670. The molecule has 0 amide bonds. The van der Waals surface area contributed by atoms with Gasteiger partial charge in [0.2, 0.25) is 0 Å². The van der Waals surface area contributed by atoms with Gasteiger partial charge in [0.05, 0.1) is 36.4 Å². The first-order chi connectivity index (χ1) is 26.2. The molecule has 0 aliphatic rings. The Morgan fingerprint density at radius 1 is 0.586 bits per heavy atom. The van der Waals surface area contributed by atoms with E-state index >= 15 is 0 Å². The Morgan fingerprint density at radius 3 is 1.29 bits per heavy atom. The number of ether oxygens (including phenoxy) is 3. The van der Waals surface area contributed by atoms with E-state index in [4.69, 9.17) is 65.5 Å². The zero-order chi connectivity index (χ0) is 45.7. The van der Waals surface area contributed by atoms with Crippen molar-refractivity contribution >= 4 is 41.6 Å². The lowest BCUT2D eigenvalue weighted by Gasteiger charge is -2.22. The lowest BCUT2D eigenvalue weighted by molar-refractivity contribution is -0.157. The number of benzene rings is 2. The van der Waals surface area contributed by atoms with Crippen LogP contribution in [-0.4, -0.2) is 64.0 Å². The number of aliphatic imine (C=N–C) groups is 3. The number of guanidine groups is 3. The fourth-order valence-corrected chi connectivity index (χ4v) is 3.80. The zero-order valence-corrected chi connectivity index (χ0v) is 36.4. The van der Waals surface area contributed by atoms with Crippen LogP contribution in [0.5, 0.6) is 0 Å².